The van der Waals surface area contributed by atoms with Gasteiger partial charge in [0, 0.05) is 7.11 Å². The van der Waals surface area contributed by atoms with Crippen molar-refractivity contribution < 1.29 is 14.2 Å². The maximum Gasteiger partial charge on any atom is 0.117 e. The molecule has 0 radical (unpaired) electrons. The number of methoxy groups -OCH3 is 1. The standard InChI is InChI=1S/C9H18O3/c1-4-9(7-11-8(9)2)12-6-5-10-3/h8H,4-7H2,1-3H3. The molecule has 0 spiro atoms. The number of rotatable bonds is 5. The van der Waals surface area contributed by atoms with Crippen LogP contribution in [0, 0.1) is 0 Å². The van der Waals surface area contributed by atoms with Crippen LogP contribution in [-0.4, -0.2) is 38.6 Å². The van der Waals surface area contributed by atoms with E-state index >= 15 is 0 Å². The molecular formula is C9H18O3. The molecule has 72 valence electrons. The molecule has 0 aromatic carbocycles. The molecule has 2 atom stereocenters. The smallest absolute Gasteiger partial charge is 0.117 e. The highest BCUT2D eigenvalue weighted by atomic mass is 16.6. The molecule has 12 heavy (non-hydrogen) atoms. The number of hydrogen-bond acceptors (Lipinski definition) is 3. The topological polar surface area (TPSA) is 27.7 Å². The maximum atomic E-state index is 5.72. The molecule has 1 rings (SSSR count). The molecule has 3 nitrogen and oxygen atoms in total. The molecule has 1 aliphatic rings. The average Bonchev–Trinajstić information content (AvgIpc) is 2.10. The molecule has 2 unspecified atom stereocenters. The monoisotopic (exact) mass is 174 g/mol. The van der Waals surface area contributed by atoms with Crippen LogP contribution in [0.4, 0.5) is 0 Å². The molecule has 1 heterocycles. The minimum Gasteiger partial charge on any atom is -0.382 e. The molecular weight excluding hydrogens is 156 g/mol. The first-order valence-corrected chi connectivity index (χ1v) is 4.49. The summed E-state index contributed by atoms with van der Waals surface area (Å²) in [4.78, 5) is 0. The van der Waals surface area contributed by atoms with Crippen molar-refractivity contribution >= 4 is 0 Å². The Hall–Kier alpha value is -0.120. The molecule has 0 aromatic heterocycles. The number of ether oxygens (including phenoxy) is 3. The van der Waals surface area contributed by atoms with Crippen molar-refractivity contribution in [2.24, 2.45) is 0 Å². The summed E-state index contributed by atoms with van der Waals surface area (Å²) in [6.07, 6.45) is 1.25. The van der Waals surface area contributed by atoms with E-state index in [-0.39, 0.29) is 11.7 Å². The van der Waals surface area contributed by atoms with Gasteiger partial charge >= 0.3 is 0 Å². The summed E-state index contributed by atoms with van der Waals surface area (Å²) in [5, 5.41) is 0. The fraction of sp³-hybridized carbons (Fsp3) is 1.00. The Bertz CT molecular complexity index is 134. The van der Waals surface area contributed by atoms with Gasteiger partial charge in [-0.2, -0.15) is 0 Å². The Morgan fingerprint density at radius 2 is 2.25 bits per heavy atom. The van der Waals surface area contributed by atoms with Crippen molar-refractivity contribution in [1.29, 1.82) is 0 Å². The van der Waals surface area contributed by atoms with Crippen LogP contribution in [0.3, 0.4) is 0 Å². The van der Waals surface area contributed by atoms with Gasteiger partial charge < -0.3 is 14.2 Å². The quantitative estimate of drug-likeness (QED) is 0.586. The van der Waals surface area contributed by atoms with Crippen LogP contribution in [-0.2, 0) is 14.2 Å². The molecule has 0 saturated carbocycles. The van der Waals surface area contributed by atoms with Gasteiger partial charge in [0.2, 0.25) is 0 Å². The van der Waals surface area contributed by atoms with E-state index < -0.39 is 0 Å². The number of hydrogen-bond donors (Lipinski definition) is 0. The van der Waals surface area contributed by atoms with E-state index in [0.29, 0.717) is 13.2 Å². The lowest BCUT2D eigenvalue weighted by Crippen LogP contribution is -2.58. The van der Waals surface area contributed by atoms with Gasteiger partial charge in [-0.1, -0.05) is 6.92 Å². The highest BCUT2D eigenvalue weighted by Gasteiger charge is 2.45. The lowest BCUT2D eigenvalue weighted by atomic mass is 9.90. The zero-order chi connectivity index (χ0) is 9.03. The predicted molar refractivity (Wildman–Crippen MR) is 46.3 cm³/mol. The molecule has 1 saturated heterocycles. The zero-order valence-corrected chi connectivity index (χ0v) is 8.13. The van der Waals surface area contributed by atoms with Crippen LogP contribution < -0.4 is 0 Å². The summed E-state index contributed by atoms with van der Waals surface area (Å²) in [7, 11) is 1.68. The predicted octanol–water partition coefficient (Wildman–Crippen LogP) is 1.22. The SMILES string of the molecule is CCC1(OCCOC)COC1C. The first-order valence-electron chi connectivity index (χ1n) is 4.49. The van der Waals surface area contributed by atoms with E-state index in [1.807, 2.05) is 0 Å². The van der Waals surface area contributed by atoms with Crippen molar-refractivity contribution in [3.05, 3.63) is 0 Å². The van der Waals surface area contributed by atoms with Gasteiger partial charge in [0.15, 0.2) is 0 Å². The van der Waals surface area contributed by atoms with Gasteiger partial charge in [0.05, 0.1) is 25.9 Å². The zero-order valence-electron chi connectivity index (χ0n) is 8.13. The molecule has 0 bridgehead atoms. The summed E-state index contributed by atoms with van der Waals surface area (Å²) in [6, 6.07) is 0. The van der Waals surface area contributed by atoms with E-state index in [4.69, 9.17) is 14.2 Å². The van der Waals surface area contributed by atoms with Gasteiger partial charge in [-0.15, -0.1) is 0 Å². The van der Waals surface area contributed by atoms with Crippen LogP contribution in [0.1, 0.15) is 20.3 Å². The van der Waals surface area contributed by atoms with Crippen molar-refractivity contribution in [1.82, 2.24) is 0 Å². The van der Waals surface area contributed by atoms with E-state index in [2.05, 4.69) is 13.8 Å². The lowest BCUT2D eigenvalue weighted by molar-refractivity contribution is -0.258. The van der Waals surface area contributed by atoms with Crippen LogP contribution in [0.15, 0.2) is 0 Å². The second-order valence-electron chi connectivity index (χ2n) is 3.21. The average molecular weight is 174 g/mol. The van der Waals surface area contributed by atoms with Crippen LogP contribution in [0.5, 0.6) is 0 Å². The Morgan fingerprint density at radius 1 is 1.50 bits per heavy atom. The maximum absolute atomic E-state index is 5.72. The second-order valence-corrected chi connectivity index (χ2v) is 3.21. The molecule has 3 heteroatoms. The molecule has 0 aliphatic carbocycles. The first-order chi connectivity index (χ1) is 5.75. The third-order valence-corrected chi connectivity index (χ3v) is 2.59. The van der Waals surface area contributed by atoms with Gasteiger partial charge in [0.1, 0.15) is 5.60 Å². The Kier molecular flexibility index (Phi) is 3.50. The first kappa shape index (κ1) is 9.96. The minimum absolute atomic E-state index is 0.0292. The largest absolute Gasteiger partial charge is 0.382 e. The third kappa shape index (κ3) is 1.79. The van der Waals surface area contributed by atoms with Crippen molar-refractivity contribution in [2.75, 3.05) is 26.9 Å². The van der Waals surface area contributed by atoms with E-state index in [0.717, 1.165) is 13.0 Å². The van der Waals surface area contributed by atoms with Gasteiger partial charge in [-0.25, -0.2) is 0 Å². The van der Waals surface area contributed by atoms with Gasteiger partial charge in [-0.3, -0.25) is 0 Å². The Labute approximate surface area is 74.0 Å². The van der Waals surface area contributed by atoms with E-state index in [1.54, 1.807) is 7.11 Å². The summed E-state index contributed by atoms with van der Waals surface area (Å²) in [5.41, 5.74) is -0.0292. The van der Waals surface area contributed by atoms with E-state index in [1.165, 1.54) is 0 Å². The molecule has 0 aromatic rings. The van der Waals surface area contributed by atoms with E-state index in [9.17, 15) is 0 Å². The fourth-order valence-electron chi connectivity index (χ4n) is 1.41. The summed E-state index contributed by atoms with van der Waals surface area (Å²) >= 11 is 0. The molecule has 0 N–H and O–H groups in total. The Balaban J connectivity index is 2.25. The van der Waals surface area contributed by atoms with Crippen molar-refractivity contribution in [2.45, 2.75) is 32.0 Å². The highest BCUT2D eigenvalue weighted by molar-refractivity contribution is 4.93. The van der Waals surface area contributed by atoms with Crippen LogP contribution in [0.25, 0.3) is 0 Å². The second kappa shape index (κ2) is 4.21. The van der Waals surface area contributed by atoms with Crippen LogP contribution in [0.2, 0.25) is 0 Å². The normalized spacial score (nSPS) is 34.8. The van der Waals surface area contributed by atoms with Crippen molar-refractivity contribution in [3.8, 4) is 0 Å². The molecule has 1 aliphatic heterocycles. The molecule has 1 fully saturated rings. The summed E-state index contributed by atoms with van der Waals surface area (Å²) in [5.74, 6) is 0. The lowest BCUT2D eigenvalue weighted by Gasteiger charge is -2.46. The van der Waals surface area contributed by atoms with Gasteiger partial charge in [-0.05, 0) is 13.3 Å². The molecule has 0 amide bonds. The van der Waals surface area contributed by atoms with Crippen molar-refractivity contribution in [3.63, 3.8) is 0 Å². The minimum atomic E-state index is -0.0292. The van der Waals surface area contributed by atoms with Crippen LogP contribution >= 0.6 is 0 Å². The summed E-state index contributed by atoms with van der Waals surface area (Å²) < 4.78 is 15.9. The van der Waals surface area contributed by atoms with Gasteiger partial charge in [0.25, 0.3) is 0 Å². The Morgan fingerprint density at radius 3 is 2.58 bits per heavy atom. The summed E-state index contributed by atoms with van der Waals surface area (Å²) in [6.45, 7) is 6.24. The highest BCUT2D eigenvalue weighted by Crippen LogP contribution is 2.32. The third-order valence-electron chi connectivity index (χ3n) is 2.59. The fourth-order valence-corrected chi connectivity index (χ4v) is 1.41.